The van der Waals surface area contributed by atoms with Crippen molar-refractivity contribution in [3.63, 3.8) is 0 Å². The van der Waals surface area contributed by atoms with E-state index in [4.69, 9.17) is 4.74 Å². The van der Waals surface area contributed by atoms with Crippen LogP contribution in [0.25, 0.3) is 0 Å². The molecule has 5 heteroatoms. The van der Waals surface area contributed by atoms with Gasteiger partial charge in [0.05, 0.1) is 14.2 Å². The van der Waals surface area contributed by atoms with E-state index in [1.165, 1.54) is 7.11 Å². The highest BCUT2D eigenvalue weighted by molar-refractivity contribution is 5.79. The first-order valence-corrected chi connectivity index (χ1v) is 5.60. The molecule has 0 spiro atoms. The molecule has 0 aliphatic carbocycles. The van der Waals surface area contributed by atoms with Crippen LogP contribution in [0.15, 0.2) is 18.2 Å². The lowest BCUT2D eigenvalue weighted by atomic mass is 10.1. The average Bonchev–Trinajstić information content (AvgIpc) is 2.36. The van der Waals surface area contributed by atoms with Crippen LogP contribution in [0.1, 0.15) is 19.4 Å². The van der Waals surface area contributed by atoms with Crippen LogP contribution >= 0.6 is 0 Å². The Balaban J connectivity index is 2.77. The van der Waals surface area contributed by atoms with E-state index in [0.717, 1.165) is 0 Å². The quantitative estimate of drug-likeness (QED) is 0.777. The number of esters is 1. The number of rotatable bonds is 5. The molecule has 0 aliphatic heterocycles. The Labute approximate surface area is 107 Å². The molecule has 0 radical (unpaired) electrons. The van der Waals surface area contributed by atoms with Gasteiger partial charge in [-0.2, -0.15) is 0 Å². The second-order valence-corrected chi connectivity index (χ2v) is 4.46. The van der Waals surface area contributed by atoms with Gasteiger partial charge in [-0.15, -0.1) is 0 Å². The maximum absolute atomic E-state index is 11.5. The number of phenols is 1. The first-order chi connectivity index (χ1) is 8.40. The predicted molar refractivity (Wildman–Crippen MR) is 67.6 cm³/mol. The van der Waals surface area contributed by atoms with Crippen LogP contribution in [0.5, 0.6) is 11.5 Å². The Morgan fingerprint density at radius 3 is 2.61 bits per heavy atom. The summed E-state index contributed by atoms with van der Waals surface area (Å²) in [5.74, 6) is 0.453. The summed E-state index contributed by atoms with van der Waals surface area (Å²) in [7, 11) is 2.90. The van der Waals surface area contributed by atoms with Gasteiger partial charge >= 0.3 is 5.97 Å². The minimum absolute atomic E-state index is 0.156. The molecule has 1 rings (SSSR count). The standard InChI is InChI=1S/C13H19NO4/c1-13(2,12(16)18-4)14-8-9-7-10(17-3)5-6-11(9)15/h5-7,14-15H,8H2,1-4H3. The smallest absolute Gasteiger partial charge is 0.325 e. The molecular weight excluding hydrogens is 234 g/mol. The van der Waals surface area contributed by atoms with Crippen LogP contribution in [0.4, 0.5) is 0 Å². The Morgan fingerprint density at radius 1 is 1.39 bits per heavy atom. The van der Waals surface area contributed by atoms with E-state index in [2.05, 4.69) is 10.1 Å². The van der Waals surface area contributed by atoms with Gasteiger partial charge in [-0.05, 0) is 32.0 Å². The number of benzene rings is 1. The largest absolute Gasteiger partial charge is 0.508 e. The summed E-state index contributed by atoms with van der Waals surface area (Å²) in [6.45, 7) is 3.78. The zero-order valence-corrected chi connectivity index (χ0v) is 11.1. The van der Waals surface area contributed by atoms with E-state index in [1.807, 2.05) is 0 Å². The van der Waals surface area contributed by atoms with Gasteiger partial charge in [0, 0.05) is 12.1 Å². The molecule has 0 saturated heterocycles. The second-order valence-electron chi connectivity index (χ2n) is 4.46. The molecule has 0 fully saturated rings. The fourth-order valence-corrected chi connectivity index (χ4v) is 1.47. The highest BCUT2D eigenvalue weighted by Crippen LogP contribution is 2.23. The summed E-state index contributed by atoms with van der Waals surface area (Å²) in [6, 6.07) is 4.95. The van der Waals surface area contributed by atoms with Crippen LogP contribution < -0.4 is 10.1 Å². The number of hydrogen-bond acceptors (Lipinski definition) is 5. The molecule has 0 bridgehead atoms. The van der Waals surface area contributed by atoms with Crippen molar-refractivity contribution in [3.8, 4) is 11.5 Å². The summed E-state index contributed by atoms with van der Waals surface area (Å²) >= 11 is 0. The van der Waals surface area contributed by atoms with Crippen molar-refractivity contribution < 1.29 is 19.4 Å². The SMILES string of the molecule is COC(=O)C(C)(C)NCc1cc(OC)ccc1O. The van der Waals surface area contributed by atoms with E-state index < -0.39 is 5.54 Å². The number of carbonyl (C=O) groups is 1. The van der Waals surface area contributed by atoms with Gasteiger partial charge in [-0.3, -0.25) is 10.1 Å². The molecule has 5 nitrogen and oxygen atoms in total. The van der Waals surface area contributed by atoms with Crippen molar-refractivity contribution in [2.24, 2.45) is 0 Å². The molecule has 1 aromatic rings. The maximum atomic E-state index is 11.5. The highest BCUT2D eigenvalue weighted by Gasteiger charge is 2.27. The van der Waals surface area contributed by atoms with E-state index in [9.17, 15) is 9.90 Å². The van der Waals surface area contributed by atoms with Crippen LogP contribution in [0, 0.1) is 0 Å². The Hall–Kier alpha value is -1.75. The van der Waals surface area contributed by atoms with Gasteiger partial charge in [0.25, 0.3) is 0 Å². The number of methoxy groups -OCH3 is 2. The van der Waals surface area contributed by atoms with Crippen molar-refractivity contribution in [3.05, 3.63) is 23.8 Å². The Morgan fingerprint density at radius 2 is 2.06 bits per heavy atom. The van der Waals surface area contributed by atoms with Crippen molar-refractivity contribution in [1.29, 1.82) is 0 Å². The van der Waals surface area contributed by atoms with E-state index >= 15 is 0 Å². The Kier molecular flexibility index (Phi) is 4.55. The first-order valence-electron chi connectivity index (χ1n) is 5.60. The summed E-state index contributed by atoms with van der Waals surface area (Å²) in [5, 5.41) is 12.7. The molecule has 0 aromatic heterocycles. The molecule has 0 heterocycles. The molecule has 0 unspecified atom stereocenters. The van der Waals surface area contributed by atoms with Crippen molar-refractivity contribution in [2.75, 3.05) is 14.2 Å². The molecule has 0 amide bonds. The fourth-order valence-electron chi connectivity index (χ4n) is 1.47. The van der Waals surface area contributed by atoms with Gasteiger partial charge in [0.15, 0.2) is 0 Å². The lowest BCUT2D eigenvalue weighted by Gasteiger charge is -2.23. The molecule has 0 saturated carbocycles. The monoisotopic (exact) mass is 253 g/mol. The van der Waals surface area contributed by atoms with Gasteiger partial charge in [-0.1, -0.05) is 0 Å². The molecule has 100 valence electrons. The Bertz CT molecular complexity index is 429. The number of carbonyl (C=O) groups excluding carboxylic acids is 1. The molecule has 0 atom stereocenters. The van der Waals surface area contributed by atoms with Gasteiger partial charge in [-0.25, -0.2) is 0 Å². The number of ether oxygens (including phenoxy) is 2. The zero-order chi connectivity index (χ0) is 13.8. The van der Waals surface area contributed by atoms with E-state index in [0.29, 0.717) is 17.9 Å². The summed E-state index contributed by atoms with van der Waals surface area (Å²) < 4.78 is 9.77. The minimum atomic E-state index is -0.815. The second kappa shape index (κ2) is 5.73. The van der Waals surface area contributed by atoms with Gasteiger partial charge in [0.2, 0.25) is 0 Å². The molecule has 18 heavy (non-hydrogen) atoms. The molecule has 0 aliphatic rings. The van der Waals surface area contributed by atoms with Crippen LogP contribution in [-0.2, 0) is 16.1 Å². The van der Waals surface area contributed by atoms with E-state index in [-0.39, 0.29) is 11.7 Å². The number of nitrogens with one attached hydrogen (secondary N) is 1. The third kappa shape index (κ3) is 3.37. The molecule has 2 N–H and O–H groups in total. The van der Waals surface area contributed by atoms with Crippen LogP contribution in [0.2, 0.25) is 0 Å². The third-order valence-electron chi connectivity index (χ3n) is 2.70. The normalized spacial score (nSPS) is 11.1. The van der Waals surface area contributed by atoms with Crippen LogP contribution in [0.3, 0.4) is 0 Å². The predicted octanol–water partition coefficient (Wildman–Crippen LogP) is 1.44. The number of hydrogen-bond donors (Lipinski definition) is 2. The van der Waals surface area contributed by atoms with Gasteiger partial charge in [0.1, 0.15) is 17.0 Å². The highest BCUT2D eigenvalue weighted by atomic mass is 16.5. The zero-order valence-electron chi connectivity index (χ0n) is 11.1. The maximum Gasteiger partial charge on any atom is 0.325 e. The van der Waals surface area contributed by atoms with Crippen molar-refractivity contribution in [2.45, 2.75) is 25.9 Å². The molecule has 1 aromatic carbocycles. The lowest BCUT2D eigenvalue weighted by Crippen LogP contribution is -2.46. The average molecular weight is 253 g/mol. The minimum Gasteiger partial charge on any atom is -0.508 e. The summed E-state index contributed by atoms with van der Waals surface area (Å²) in [4.78, 5) is 11.5. The first kappa shape index (κ1) is 14.3. The van der Waals surface area contributed by atoms with Crippen molar-refractivity contribution >= 4 is 5.97 Å². The fraction of sp³-hybridized carbons (Fsp3) is 0.462. The van der Waals surface area contributed by atoms with Gasteiger partial charge < -0.3 is 14.6 Å². The number of aromatic hydroxyl groups is 1. The van der Waals surface area contributed by atoms with E-state index in [1.54, 1.807) is 39.2 Å². The lowest BCUT2D eigenvalue weighted by molar-refractivity contribution is -0.147. The summed E-state index contributed by atoms with van der Waals surface area (Å²) in [6.07, 6.45) is 0. The summed E-state index contributed by atoms with van der Waals surface area (Å²) in [5.41, 5.74) is -0.157. The van der Waals surface area contributed by atoms with Crippen molar-refractivity contribution in [1.82, 2.24) is 5.32 Å². The van der Waals surface area contributed by atoms with Crippen LogP contribution in [-0.4, -0.2) is 30.8 Å². The number of phenolic OH excluding ortho intramolecular Hbond substituents is 1. The molecular formula is C13H19NO4. The topological polar surface area (TPSA) is 67.8 Å². The third-order valence-corrected chi connectivity index (χ3v) is 2.70.